The van der Waals surface area contributed by atoms with Crippen molar-refractivity contribution in [3.8, 4) is 0 Å². The Kier molecular flexibility index (Phi) is 10.4. The van der Waals surface area contributed by atoms with Crippen LogP contribution in [0.2, 0.25) is 0 Å². The summed E-state index contributed by atoms with van der Waals surface area (Å²) in [6.45, 7) is 6.00. The molecule has 0 aromatic heterocycles. The Hall–Kier alpha value is -1.42. The molecule has 0 aliphatic carbocycles. The van der Waals surface area contributed by atoms with Crippen LogP contribution in [0, 0.1) is 16.0 Å². The lowest BCUT2D eigenvalue weighted by atomic mass is 10.1. The second-order valence-corrected chi connectivity index (χ2v) is 5.98. The van der Waals surface area contributed by atoms with Crippen LogP contribution < -0.4 is 10.6 Å². The number of nitrogens with zero attached hydrogens (tertiary/aromatic N) is 2. The van der Waals surface area contributed by atoms with Gasteiger partial charge >= 0.3 is 0 Å². The quantitative estimate of drug-likeness (QED) is 0.155. The molecule has 1 unspecified atom stereocenters. The van der Waals surface area contributed by atoms with E-state index in [0.29, 0.717) is 12.5 Å². The van der Waals surface area contributed by atoms with Crippen molar-refractivity contribution in [3.63, 3.8) is 0 Å². The fourth-order valence-electron chi connectivity index (χ4n) is 2.44. The van der Waals surface area contributed by atoms with Gasteiger partial charge in [-0.05, 0) is 18.4 Å². The predicted octanol–water partition coefficient (Wildman–Crippen LogP) is 3.08. The summed E-state index contributed by atoms with van der Waals surface area (Å²) in [5, 5.41) is 17.4. The molecule has 2 N–H and O–H groups in total. The molecular weight excluding hydrogens is 435 g/mol. The summed E-state index contributed by atoms with van der Waals surface area (Å²) in [7, 11) is 0. The van der Waals surface area contributed by atoms with Crippen LogP contribution in [0.4, 0.5) is 5.69 Å². The number of nitro groups is 1. The number of nitrogens with one attached hydrogen (secondary N) is 2. The van der Waals surface area contributed by atoms with E-state index in [0.717, 1.165) is 57.1 Å². The normalized spacial score (nSPS) is 17.0. The van der Waals surface area contributed by atoms with Crippen molar-refractivity contribution < 1.29 is 9.66 Å². The SMILES string of the molecule is CCCCNC(=NCc1ccc([N+](=O)[O-])cc1)NCC1CCOC1.I. The van der Waals surface area contributed by atoms with Crippen LogP contribution >= 0.6 is 24.0 Å². The summed E-state index contributed by atoms with van der Waals surface area (Å²) >= 11 is 0. The smallest absolute Gasteiger partial charge is 0.269 e. The maximum atomic E-state index is 10.7. The number of nitro benzene ring substituents is 1. The lowest BCUT2D eigenvalue weighted by Gasteiger charge is -2.15. The van der Waals surface area contributed by atoms with E-state index in [9.17, 15) is 10.1 Å². The van der Waals surface area contributed by atoms with Crippen LogP contribution in [0.1, 0.15) is 31.7 Å². The topological polar surface area (TPSA) is 88.8 Å². The second-order valence-electron chi connectivity index (χ2n) is 5.98. The molecule has 7 nitrogen and oxygen atoms in total. The van der Waals surface area contributed by atoms with Gasteiger partial charge in [-0.3, -0.25) is 10.1 Å². The maximum Gasteiger partial charge on any atom is 0.269 e. The van der Waals surface area contributed by atoms with Gasteiger partial charge in [0.25, 0.3) is 5.69 Å². The maximum absolute atomic E-state index is 10.7. The van der Waals surface area contributed by atoms with Crippen LogP contribution in [0.25, 0.3) is 0 Å². The van der Waals surface area contributed by atoms with Gasteiger partial charge in [0.1, 0.15) is 0 Å². The summed E-state index contributed by atoms with van der Waals surface area (Å²) in [6.07, 6.45) is 3.29. The lowest BCUT2D eigenvalue weighted by Crippen LogP contribution is -2.40. The number of rotatable bonds is 8. The number of non-ortho nitro benzene ring substituents is 1. The van der Waals surface area contributed by atoms with Crippen molar-refractivity contribution in [2.45, 2.75) is 32.7 Å². The van der Waals surface area contributed by atoms with E-state index in [1.54, 1.807) is 12.1 Å². The first-order valence-corrected chi connectivity index (χ1v) is 8.52. The van der Waals surface area contributed by atoms with E-state index in [4.69, 9.17) is 4.74 Å². The van der Waals surface area contributed by atoms with Gasteiger partial charge < -0.3 is 15.4 Å². The van der Waals surface area contributed by atoms with Crippen molar-refractivity contribution >= 4 is 35.6 Å². The molecule has 1 atom stereocenters. The molecule has 1 aromatic carbocycles. The third-order valence-corrected chi connectivity index (χ3v) is 3.97. The molecule has 140 valence electrons. The van der Waals surface area contributed by atoms with Gasteiger partial charge in [0.2, 0.25) is 0 Å². The fraction of sp³-hybridized carbons (Fsp3) is 0.588. The zero-order chi connectivity index (χ0) is 17.2. The molecular formula is C17H27IN4O3. The summed E-state index contributed by atoms with van der Waals surface area (Å²) in [5.41, 5.74) is 1.05. The first-order chi connectivity index (χ1) is 11.7. The van der Waals surface area contributed by atoms with E-state index in [-0.39, 0.29) is 29.7 Å². The summed E-state index contributed by atoms with van der Waals surface area (Å²) in [6, 6.07) is 6.52. The van der Waals surface area contributed by atoms with Crippen molar-refractivity contribution in [1.82, 2.24) is 10.6 Å². The highest BCUT2D eigenvalue weighted by Crippen LogP contribution is 2.13. The van der Waals surface area contributed by atoms with Gasteiger partial charge in [-0.25, -0.2) is 4.99 Å². The molecule has 25 heavy (non-hydrogen) atoms. The molecule has 1 heterocycles. The minimum Gasteiger partial charge on any atom is -0.381 e. The molecule has 2 rings (SSSR count). The highest BCUT2D eigenvalue weighted by Gasteiger charge is 2.15. The minimum absolute atomic E-state index is 0. The first-order valence-electron chi connectivity index (χ1n) is 8.52. The van der Waals surface area contributed by atoms with Crippen LogP contribution in [0.5, 0.6) is 0 Å². The lowest BCUT2D eigenvalue weighted by molar-refractivity contribution is -0.384. The van der Waals surface area contributed by atoms with Gasteiger partial charge in [0, 0.05) is 37.7 Å². The van der Waals surface area contributed by atoms with E-state index in [2.05, 4.69) is 22.5 Å². The predicted molar refractivity (Wildman–Crippen MR) is 109 cm³/mol. The van der Waals surface area contributed by atoms with Crippen molar-refractivity contribution in [2.24, 2.45) is 10.9 Å². The Morgan fingerprint density at radius 3 is 2.72 bits per heavy atom. The number of hydrogen-bond donors (Lipinski definition) is 2. The average molecular weight is 462 g/mol. The molecule has 1 aliphatic heterocycles. The monoisotopic (exact) mass is 462 g/mol. The number of ether oxygens (including phenoxy) is 1. The van der Waals surface area contributed by atoms with Gasteiger partial charge in [0.05, 0.1) is 18.1 Å². The highest BCUT2D eigenvalue weighted by atomic mass is 127. The fourth-order valence-corrected chi connectivity index (χ4v) is 2.44. The molecule has 1 aromatic rings. The molecule has 0 radical (unpaired) electrons. The summed E-state index contributed by atoms with van der Waals surface area (Å²) in [5.74, 6) is 1.32. The minimum atomic E-state index is -0.393. The van der Waals surface area contributed by atoms with Crippen molar-refractivity contribution in [1.29, 1.82) is 0 Å². The number of halogens is 1. The number of guanidine groups is 1. The van der Waals surface area contributed by atoms with Crippen molar-refractivity contribution in [2.75, 3.05) is 26.3 Å². The Bertz CT molecular complexity index is 545. The third kappa shape index (κ3) is 8.00. The van der Waals surface area contributed by atoms with Gasteiger partial charge in [-0.15, -0.1) is 24.0 Å². The average Bonchev–Trinajstić information content (AvgIpc) is 3.11. The van der Waals surface area contributed by atoms with E-state index < -0.39 is 4.92 Å². The van der Waals surface area contributed by atoms with Crippen LogP contribution in [-0.4, -0.2) is 37.2 Å². The zero-order valence-electron chi connectivity index (χ0n) is 14.6. The van der Waals surface area contributed by atoms with Gasteiger partial charge in [0.15, 0.2) is 5.96 Å². The molecule has 0 spiro atoms. The first kappa shape index (κ1) is 21.6. The van der Waals surface area contributed by atoms with Crippen LogP contribution in [0.3, 0.4) is 0 Å². The Balaban J connectivity index is 0.00000312. The number of hydrogen-bond acceptors (Lipinski definition) is 4. The number of benzene rings is 1. The molecule has 0 saturated carbocycles. The zero-order valence-corrected chi connectivity index (χ0v) is 16.9. The molecule has 1 fully saturated rings. The molecule has 1 aliphatic rings. The second kappa shape index (κ2) is 12.0. The van der Waals surface area contributed by atoms with Gasteiger partial charge in [-0.1, -0.05) is 25.5 Å². The number of aliphatic imine (C=N–C) groups is 1. The summed E-state index contributed by atoms with van der Waals surface area (Å²) in [4.78, 5) is 14.9. The highest BCUT2D eigenvalue weighted by molar-refractivity contribution is 14.0. The largest absolute Gasteiger partial charge is 0.381 e. The van der Waals surface area contributed by atoms with E-state index in [1.165, 1.54) is 12.1 Å². The molecule has 8 heteroatoms. The molecule has 0 bridgehead atoms. The Morgan fingerprint density at radius 2 is 2.12 bits per heavy atom. The van der Waals surface area contributed by atoms with E-state index >= 15 is 0 Å². The van der Waals surface area contributed by atoms with Crippen LogP contribution in [0.15, 0.2) is 29.3 Å². The summed E-state index contributed by atoms with van der Waals surface area (Å²) < 4.78 is 5.39. The van der Waals surface area contributed by atoms with Crippen LogP contribution in [-0.2, 0) is 11.3 Å². The Labute approximate surface area is 165 Å². The van der Waals surface area contributed by atoms with E-state index in [1.807, 2.05) is 0 Å². The van der Waals surface area contributed by atoms with Gasteiger partial charge in [-0.2, -0.15) is 0 Å². The van der Waals surface area contributed by atoms with Crippen molar-refractivity contribution in [3.05, 3.63) is 39.9 Å². The third-order valence-electron chi connectivity index (χ3n) is 3.97. The molecule has 1 saturated heterocycles. The molecule has 0 amide bonds. The standard InChI is InChI=1S/C17H26N4O3.HI/c1-2-3-9-18-17(20-12-15-8-10-24-13-15)19-11-14-4-6-16(7-5-14)21(22)23;/h4-7,15H,2-3,8-13H2,1H3,(H2,18,19,20);1H. The Morgan fingerprint density at radius 1 is 1.36 bits per heavy atom. The number of unbranched alkanes of at least 4 members (excludes halogenated alkanes) is 1.